The summed E-state index contributed by atoms with van der Waals surface area (Å²) in [6.45, 7) is 1.64. The number of benzene rings is 2. The van der Waals surface area contributed by atoms with Gasteiger partial charge in [0.1, 0.15) is 23.0 Å². The zero-order valence-electron chi connectivity index (χ0n) is 12.8. The van der Waals surface area contributed by atoms with Crippen molar-refractivity contribution in [3.63, 3.8) is 0 Å². The summed E-state index contributed by atoms with van der Waals surface area (Å²) in [6, 6.07) is 14.4. The summed E-state index contributed by atoms with van der Waals surface area (Å²) in [7, 11) is 0. The van der Waals surface area contributed by atoms with Gasteiger partial charge < -0.3 is 19.0 Å². The van der Waals surface area contributed by atoms with Gasteiger partial charge in [0.2, 0.25) is 5.76 Å². The highest BCUT2D eigenvalue weighted by atomic mass is 16.4. The van der Waals surface area contributed by atoms with E-state index in [2.05, 4.69) is 0 Å². The molecule has 120 valence electrons. The van der Waals surface area contributed by atoms with Gasteiger partial charge in [-0.05, 0) is 30.7 Å². The van der Waals surface area contributed by atoms with Gasteiger partial charge in [0.25, 0.3) is 0 Å². The van der Waals surface area contributed by atoms with Crippen LogP contribution in [0.2, 0.25) is 0 Å². The topological polar surface area (TPSA) is 83.8 Å². The quantitative estimate of drug-likeness (QED) is 0.588. The van der Waals surface area contributed by atoms with Crippen molar-refractivity contribution in [1.82, 2.24) is 0 Å². The minimum Gasteiger partial charge on any atom is -0.475 e. The van der Waals surface area contributed by atoms with Crippen LogP contribution in [0, 0.1) is 6.92 Å². The third-order valence-electron chi connectivity index (χ3n) is 4.19. The molecule has 0 aliphatic heterocycles. The molecule has 1 unspecified atom stereocenters. The molecule has 4 rings (SSSR count). The van der Waals surface area contributed by atoms with Crippen LogP contribution >= 0.6 is 0 Å². The van der Waals surface area contributed by atoms with E-state index in [0.29, 0.717) is 22.5 Å². The summed E-state index contributed by atoms with van der Waals surface area (Å²) < 4.78 is 11.0. The molecule has 0 aliphatic rings. The molecule has 2 heterocycles. The third kappa shape index (κ3) is 2.10. The molecular weight excluding hydrogens is 308 g/mol. The summed E-state index contributed by atoms with van der Waals surface area (Å²) >= 11 is 0. The average molecular weight is 322 g/mol. The largest absolute Gasteiger partial charge is 0.475 e. The zero-order valence-corrected chi connectivity index (χ0v) is 12.8. The predicted octanol–water partition coefficient (Wildman–Crippen LogP) is 4.27. The Morgan fingerprint density at radius 3 is 2.50 bits per heavy atom. The van der Waals surface area contributed by atoms with Gasteiger partial charge in [0.05, 0.1) is 0 Å². The zero-order chi connectivity index (χ0) is 16.8. The Labute approximate surface area is 136 Å². The standard InChI is InChI=1S/C19H14O5/c1-10-13(9-16(23-10)19(21)22)18(20)12-6-4-8-15-17(12)11-5-2-3-7-14(11)24-15/h2-9,18,20H,1H3,(H,21,22). The van der Waals surface area contributed by atoms with Crippen molar-refractivity contribution in [1.29, 1.82) is 0 Å². The van der Waals surface area contributed by atoms with Crippen LogP contribution in [0.15, 0.2) is 57.4 Å². The maximum absolute atomic E-state index is 11.1. The highest BCUT2D eigenvalue weighted by molar-refractivity contribution is 6.07. The SMILES string of the molecule is Cc1oc(C(=O)O)cc1C(O)c1cccc2oc3ccccc3c12. The summed E-state index contributed by atoms with van der Waals surface area (Å²) in [6.07, 6.45) is -1.01. The van der Waals surface area contributed by atoms with E-state index in [0.717, 1.165) is 16.4 Å². The van der Waals surface area contributed by atoms with E-state index in [9.17, 15) is 9.90 Å². The Hall–Kier alpha value is -3.05. The number of rotatable bonds is 3. The third-order valence-corrected chi connectivity index (χ3v) is 4.19. The summed E-state index contributed by atoms with van der Waals surface area (Å²) in [5.74, 6) is -0.973. The molecule has 5 nitrogen and oxygen atoms in total. The number of aromatic carboxylic acids is 1. The van der Waals surface area contributed by atoms with Crippen LogP contribution in [0.3, 0.4) is 0 Å². The maximum atomic E-state index is 11.1. The van der Waals surface area contributed by atoms with E-state index in [4.69, 9.17) is 13.9 Å². The van der Waals surface area contributed by atoms with Crippen molar-refractivity contribution in [3.8, 4) is 0 Å². The molecule has 0 bridgehead atoms. The lowest BCUT2D eigenvalue weighted by atomic mass is 9.97. The Morgan fingerprint density at radius 2 is 1.75 bits per heavy atom. The summed E-state index contributed by atoms with van der Waals surface area (Å²) in [5, 5.41) is 21.6. The lowest BCUT2D eigenvalue weighted by Gasteiger charge is -2.11. The van der Waals surface area contributed by atoms with Crippen LogP contribution in [0.5, 0.6) is 0 Å². The van der Waals surface area contributed by atoms with Crippen molar-refractivity contribution >= 4 is 27.9 Å². The number of hydrogen-bond acceptors (Lipinski definition) is 4. The molecular formula is C19H14O5. The molecule has 4 aromatic rings. The number of furan rings is 2. The second kappa shape index (κ2) is 5.25. The predicted molar refractivity (Wildman–Crippen MR) is 88.2 cm³/mol. The Morgan fingerprint density at radius 1 is 1.00 bits per heavy atom. The maximum Gasteiger partial charge on any atom is 0.371 e. The lowest BCUT2D eigenvalue weighted by molar-refractivity contribution is 0.0661. The van der Waals surface area contributed by atoms with Gasteiger partial charge in [-0.2, -0.15) is 0 Å². The highest BCUT2D eigenvalue weighted by Crippen LogP contribution is 2.37. The highest BCUT2D eigenvalue weighted by Gasteiger charge is 2.23. The Kier molecular flexibility index (Phi) is 3.18. The van der Waals surface area contributed by atoms with Gasteiger partial charge in [-0.3, -0.25) is 0 Å². The van der Waals surface area contributed by atoms with Gasteiger partial charge >= 0.3 is 5.97 Å². The van der Waals surface area contributed by atoms with Crippen LogP contribution in [0.4, 0.5) is 0 Å². The fourth-order valence-corrected chi connectivity index (χ4v) is 3.07. The van der Waals surface area contributed by atoms with Crippen LogP contribution < -0.4 is 0 Å². The van der Waals surface area contributed by atoms with Crippen molar-refractivity contribution in [2.24, 2.45) is 0 Å². The molecule has 0 saturated heterocycles. The molecule has 2 aromatic heterocycles. The molecule has 0 fully saturated rings. The molecule has 5 heteroatoms. The number of aryl methyl sites for hydroxylation is 1. The summed E-state index contributed by atoms with van der Waals surface area (Å²) in [4.78, 5) is 11.1. The lowest BCUT2D eigenvalue weighted by Crippen LogP contribution is -2.00. The second-order valence-electron chi connectivity index (χ2n) is 5.65. The minimum absolute atomic E-state index is 0.189. The second-order valence-corrected chi connectivity index (χ2v) is 5.65. The number of hydrogen-bond donors (Lipinski definition) is 2. The first-order chi connectivity index (χ1) is 11.6. The molecule has 0 saturated carbocycles. The van der Waals surface area contributed by atoms with E-state index >= 15 is 0 Å². The molecule has 2 N–H and O–H groups in total. The fraction of sp³-hybridized carbons (Fsp3) is 0.105. The fourth-order valence-electron chi connectivity index (χ4n) is 3.07. The number of fused-ring (bicyclic) bond motifs is 3. The van der Waals surface area contributed by atoms with Crippen molar-refractivity contribution < 1.29 is 23.8 Å². The molecule has 24 heavy (non-hydrogen) atoms. The van der Waals surface area contributed by atoms with Gasteiger partial charge in [0.15, 0.2) is 0 Å². The van der Waals surface area contributed by atoms with E-state index in [-0.39, 0.29) is 5.76 Å². The van der Waals surface area contributed by atoms with E-state index in [1.165, 1.54) is 6.07 Å². The van der Waals surface area contributed by atoms with Crippen LogP contribution in [-0.2, 0) is 0 Å². The first kappa shape index (κ1) is 14.5. The number of aliphatic hydroxyl groups is 1. The van der Waals surface area contributed by atoms with E-state index < -0.39 is 12.1 Å². The van der Waals surface area contributed by atoms with Crippen molar-refractivity contribution in [2.45, 2.75) is 13.0 Å². The monoisotopic (exact) mass is 322 g/mol. The molecule has 2 aromatic carbocycles. The minimum atomic E-state index is -1.16. The number of carboxylic acid groups (broad SMARTS) is 1. The van der Waals surface area contributed by atoms with Crippen LogP contribution in [0.1, 0.15) is 33.5 Å². The summed E-state index contributed by atoms with van der Waals surface area (Å²) in [5.41, 5.74) is 2.50. The Bertz CT molecular complexity index is 1070. The number of carbonyl (C=O) groups is 1. The molecule has 1 atom stereocenters. The van der Waals surface area contributed by atoms with Gasteiger partial charge in [-0.15, -0.1) is 0 Å². The first-order valence-corrected chi connectivity index (χ1v) is 7.48. The smallest absolute Gasteiger partial charge is 0.371 e. The normalized spacial score (nSPS) is 12.8. The molecule has 0 aliphatic carbocycles. The van der Waals surface area contributed by atoms with Crippen LogP contribution in [-0.4, -0.2) is 16.2 Å². The van der Waals surface area contributed by atoms with Crippen LogP contribution in [0.25, 0.3) is 21.9 Å². The number of para-hydroxylation sites is 1. The molecule has 0 radical (unpaired) electrons. The van der Waals surface area contributed by atoms with E-state index in [1.807, 2.05) is 36.4 Å². The molecule has 0 spiro atoms. The molecule has 0 amide bonds. The van der Waals surface area contributed by atoms with Gasteiger partial charge in [0, 0.05) is 16.3 Å². The van der Waals surface area contributed by atoms with Crippen molar-refractivity contribution in [2.75, 3.05) is 0 Å². The van der Waals surface area contributed by atoms with Crippen molar-refractivity contribution in [3.05, 3.63) is 71.2 Å². The Balaban J connectivity index is 1.94. The average Bonchev–Trinajstić information content (AvgIpc) is 3.14. The first-order valence-electron chi connectivity index (χ1n) is 7.48. The number of carboxylic acids is 1. The van der Waals surface area contributed by atoms with E-state index in [1.54, 1.807) is 13.0 Å². The van der Waals surface area contributed by atoms with Gasteiger partial charge in [-0.25, -0.2) is 4.79 Å². The van der Waals surface area contributed by atoms with Gasteiger partial charge in [-0.1, -0.05) is 30.3 Å². The number of aliphatic hydroxyl groups excluding tert-OH is 1.